The molecule has 0 aliphatic carbocycles. The Hall–Kier alpha value is -0.870. The molecule has 0 amide bonds. The van der Waals surface area contributed by atoms with Crippen LogP contribution < -0.4 is 0 Å². The topological polar surface area (TPSA) is 41.3 Å². The number of aliphatic hydroxyl groups is 1. The van der Waals surface area contributed by atoms with E-state index in [2.05, 4.69) is 16.9 Å². The molecule has 0 spiro atoms. The summed E-state index contributed by atoms with van der Waals surface area (Å²) in [6.07, 6.45) is 2.04. The van der Waals surface area contributed by atoms with Crippen LogP contribution in [0.25, 0.3) is 0 Å². The van der Waals surface area contributed by atoms with Crippen molar-refractivity contribution >= 4 is 0 Å². The van der Waals surface area contributed by atoms with Gasteiger partial charge < -0.3 is 5.11 Å². The summed E-state index contributed by atoms with van der Waals surface area (Å²) in [5.74, 6) is 0. The fraction of sp³-hybridized carbons (Fsp3) is 0.700. The molecule has 0 aromatic carbocycles. The fourth-order valence-electron chi connectivity index (χ4n) is 1.54. The smallest absolute Gasteiger partial charge is 0.0638 e. The van der Waals surface area contributed by atoms with Crippen LogP contribution in [0.15, 0.2) is 6.20 Å². The lowest BCUT2D eigenvalue weighted by Crippen LogP contribution is -2.26. The van der Waals surface area contributed by atoms with Gasteiger partial charge in [-0.1, -0.05) is 6.92 Å². The molecule has 1 heterocycles. The van der Waals surface area contributed by atoms with Crippen molar-refractivity contribution in [3.63, 3.8) is 0 Å². The standard InChI is InChI=1S/C10H19N3O/c1-4-13(5-6-14)8-10-7-12(3)11-9(10)2/h7,14H,4-6,8H2,1-3H3. The average Bonchev–Trinajstić information content (AvgIpc) is 2.44. The Morgan fingerprint density at radius 3 is 2.71 bits per heavy atom. The van der Waals surface area contributed by atoms with Crippen molar-refractivity contribution in [1.82, 2.24) is 14.7 Å². The second kappa shape index (κ2) is 5.12. The first-order valence-corrected chi connectivity index (χ1v) is 4.99. The Labute approximate surface area is 85.1 Å². The molecule has 1 rings (SSSR count). The molecule has 0 fully saturated rings. The zero-order chi connectivity index (χ0) is 10.6. The highest BCUT2D eigenvalue weighted by molar-refractivity contribution is 5.14. The first kappa shape index (κ1) is 11.2. The second-order valence-electron chi connectivity index (χ2n) is 3.51. The number of hydrogen-bond donors (Lipinski definition) is 1. The molecule has 80 valence electrons. The van der Waals surface area contributed by atoms with Crippen LogP contribution in [0.4, 0.5) is 0 Å². The van der Waals surface area contributed by atoms with Crippen molar-refractivity contribution in [2.24, 2.45) is 7.05 Å². The van der Waals surface area contributed by atoms with Crippen molar-refractivity contribution in [2.75, 3.05) is 19.7 Å². The number of aliphatic hydroxyl groups excluding tert-OH is 1. The molecular weight excluding hydrogens is 178 g/mol. The van der Waals surface area contributed by atoms with Gasteiger partial charge in [-0.25, -0.2) is 0 Å². The monoisotopic (exact) mass is 197 g/mol. The molecule has 0 saturated heterocycles. The van der Waals surface area contributed by atoms with Gasteiger partial charge >= 0.3 is 0 Å². The van der Waals surface area contributed by atoms with Gasteiger partial charge in [0.2, 0.25) is 0 Å². The Balaban J connectivity index is 2.61. The molecule has 0 bridgehead atoms. The number of aryl methyl sites for hydroxylation is 2. The third-order valence-electron chi connectivity index (χ3n) is 2.37. The lowest BCUT2D eigenvalue weighted by molar-refractivity contribution is 0.196. The maximum atomic E-state index is 8.86. The van der Waals surface area contributed by atoms with Crippen LogP contribution in [-0.2, 0) is 13.6 Å². The third kappa shape index (κ3) is 2.82. The van der Waals surface area contributed by atoms with E-state index in [4.69, 9.17) is 5.11 Å². The summed E-state index contributed by atoms with van der Waals surface area (Å²) < 4.78 is 1.83. The van der Waals surface area contributed by atoms with Crippen LogP contribution in [0.2, 0.25) is 0 Å². The summed E-state index contributed by atoms with van der Waals surface area (Å²) in [6.45, 7) is 6.88. The number of rotatable bonds is 5. The van der Waals surface area contributed by atoms with Gasteiger partial charge in [0.05, 0.1) is 12.3 Å². The number of nitrogens with zero attached hydrogens (tertiary/aromatic N) is 3. The quantitative estimate of drug-likeness (QED) is 0.749. The van der Waals surface area contributed by atoms with Crippen molar-refractivity contribution in [3.05, 3.63) is 17.5 Å². The molecule has 1 N–H and O–H groups in total. The van der Waals surface area contributed by atoms with Crippen LogP contribution in [0, 0.1) is 6.92 Å². The molecule has 0 unspecified atom stereocenters. The van der Waals surface area contributed by atoms with E-state index in [9.17, 15) is 0 Å². The van der Waals surface area contributed by atoms with Crippen molar-refractivity contribution < 1.29 is 5.11 Å². The van der Waals surface area contributed by atoms with Crippen molar-refractivity contribution in [2.45, 2.75) is 20.4 Å². The Kier molecular flexibility index (Phi) is 4.10. The van der Waals surface area contributed by atoms with Crippen LogP contribution in [0.1, 0.15) is 18.2 Å². The molecule has 14 heavy (non-hydrogen) atoms. The van der Waals surface area contributed by atoms with E-state index in [0.29, 0.717) is 0 Å². The predicted molar refractivity (Wildman–Crippen MR) is 56.0 cm³/mol. The number of aromatic nitrogens is 2. The Morgan fingerprint density at radius 1 is 1.57 bits per heavy atom. The number of likely N-dealkylation sites (N-methyl/N-ethyl adjacent to an activating group) is 1. The lowest BCUT2D eigenvalue weighted by Gasteiger charge is -2.18. The van der Waals surface area contributed by atoms with Crippen LogP contribution in [0.3, 0.4) is 0 Å². The summed E-state index contributed by atoms with van der Waals surface area (Å²) in [5.41, 5.74) is 2.31. The van der Waals surface area contributed by atoms with E-state index >= 15 is 0 Å². The van der Waals surface area contributed by atoms with E-state index in [1.54, 1.807) is 0 Å². The average molecular weight is 197 g/mol. The van der Waals surface area contributed by atoms with Crippen LogP contribution >= 0.6 is 0 Å². The van der Waals surface area contributed by atoms with E-state index < -0.39 is 0 Å². The second-order valence-corrected chi connectivity index (χ2v) is 3.51. The first-order valence-electron chi connectivity index (χ1n) is 4.99. The normalized spacial score (nSPS) is 11.2. The summed E-state index contributed by atoms with van der Waals surface area (Å²) in [4.78, 5) is 2.20. The molecule has 1 aromatic rings. The van der Waals surface area contributed by atoms with Gasteiger partial charge in [0.1, 0.15) is 0 Å². The highest BCUT2D eigenvalue weighted by atomic mass is 16.3. The van der Waals surface area contributed by atoms with Crippen molar-refractivity contribution in [3.8, 4) is 0 Å². The summed E-state index contributed by atoms with van der Waals surface area (Å²) >= 11 is 0. The lowest BCUT2D eigenvalue weighted by atomic mass is 10.2. The molecule has 0 aliphatic rings. The van der Waals surface area contributed by atoms with Gasteiger partial charge in [-0.05, 0) is 13.5 Å². The van der Waals surface area contributed by atoms with E-state index in [1.165, 1.54) is 5.56 Å². The van der Waals surface area contributed by atoms with Crippen LogP contribution in [-0.4, -0.2) is 39.5 Å². The zero-order valence-corrected chi connectivity index (χ0v) is 9.19. The first-order chi connectivity index (χ1) is 6.67. The highest BCUT2D eigenvalue weighted by Gasteiger charge is 2.07. The van der Waals surface area contributed by atoms with Gasteiger partial charge in [0.25, 0.3) is 0 Å². The molecule has 0 radical (unpaired) electrons. The minimum atomic E-state index is 0.215. The third-order valence-corrected chi connectivity index (χ3v) is 2.37. The number of hydrogen-bond acceptors (Lipinski definition) is 3. The molecule has 0 saturated carbocycles. The zero-order valence-electron chi connectivity index (χ0n) is 9.19. The Morgan fingerprint density at radius 2 is 2.29 bits per heavy atom. The maximum Gasteiger partial charge on any atom is 0.0638 e. The van der Waals surface area contributed by atoms with Crippen molar-refractivity contribution in [1.29, 1.82) is 0 Å². The largest absolute Gasteiger partial charge is 0.395 e. The summed E-state index contributed by atoms with van der Waals surface area (Å²) in [5, 5.41) is 13.1. The van der Waals surface area contributed by atoms with E-state index in [0.717, 1.165) is 25.3 Å². The van der Waals surface area contributed by atoms with Crippen LogP contribution in [0.5, 0.6) is 0 Å². The summed E-state index contributed by atoms with van der Waals surface area (Å²) in [7, 11) is 1.93. The molecule has 1 aromatic heterocycles. The molecular formula is C10H19N3O. The minimum Gasteiger partial charge on any atom is -0.395 e. The van der Waals surface area contributed by atoms with Gasteiger partial charge in [0, 0.05) is 31.9 Å². The Bertz CT molecular complexity index is 283. The summed E-state index contributed by atoms with van der Waals surface area (Å²) in [6, 6.07) is 0. The molecule has 4 heteroatoms. The predicted octanol–water partition coefficient (Wildman–Crippen LogP) is 0.543. The molecule has 4 nitrogen and oxygen atoms in total. The minimum absolute atomic E-state index is 0.215. The van der Waals surface area contributed by atoms with Gasteiger partial charge in [-0.3, -0.25) is 9.58 Å². The van der Waals surface area contributed by atoms with E-state index in [-0.39, 0.29) is 6.61 Å². The maximum absolute atomic E-state index is 8.86. The fourth-order valence-corrected chi connectivity index (χ4v) is 1.54. The SMILES string of the molecule is CCN(CCO)Cc1cn(C)nc1C. The van der Waals surface area contributed by atoms with Gasteiger partial charge in [-0.2, -0.15) is 5.10 Å². The van der Waals surface area contributed by atoms with E-state index in [1.807, 2.05) is 24.9 Å². The van der Waals surface area contributed by atoms with Gasteiger partial charge in [-0.15, -0.1) is 0 Å². The highest BCUT2D eigenvalue weighted by Crippen LogP contribution is 2.08. The van der Waals surface area contributed by atoms with Gasteiger partial charge in [0.15, 0.2) is 0 Å². The molecule has 0 atom stereocenters. The molecule has 0 aliphatic heterocycles.